The van der Waals surface area contributed by atoms with Crippen LogP contribution in [-0.4, -0.2) is 45.5 Å². The third-order valence-electron chi connectivity index (χ3n) is 5.43. The summed E-state index contributed by atoms with van der Waals surface area (Å²) in [5.41, 5.74) is 2.85. The van der Waals surface area contributed by atoms with Gasteiger partial charge in [0.2, 0.25) is 0 Å². The van der Waals surface area contributed by atoms with Crippen molar-refractivity contribution in [1.82, 2.24) is 19.8 Å². The lowest BCUT2D eigenvalue weighted by atomic mass is 10.1. The van der Waals surface area contributed by atoms with Crippen LogP contribution in [0.3, 0.4) is 0 Å². The molecule has 5 heteroatoms. The topological polar surface area (TPSA) is 50.2 Å². The van der Waals surface area contributed by atoms with Crippen LogP contribution in [0.25, 0.3) is 5.82 Å². The molecular weight excluding hydrogens is 300 g/mol. The van der Waals surface area contributed by atoms with Gasteiger partial charge in [-0.3, -0.25) is 4.79 Å². The molecule has 0 spiro atoms. The Balaban J connectivity index is 1.71. The van der Waals surface area contributed by atoms with Gasteiger partial charge < -0.3 is 14.8 Å². The van der Waals surface area contributed by atoms with E-state index < -0.39 is 0 Å². The van der Waals surface area contributed by atoms with E-state index in [0.29, 0.717) is 12.1 Å². The van der Waals surface area contributed by atoms with E-state index in [9.17, 15) is 4.79 Å². The van der Waals surface area contributed by atoms with Crippen LogP contribution in [0.5, 0.6) is 0 Å². The molecule has 0 saturated carbocycles. The lowest BCUT2D eigenvalue weighted by Gasteiger charge is -2.28. The maximum atomic E-state index is 13.3. The summed E-state index contributed by atoms with van der Waals surface area (Å²) in [6.45, 7) is 5.99. The molecule has 2 aliphatic rings. The van der Waals surface area contributed by atoms with Crippen LogP contribution in [0.1, 0.15) is 41.0 Å². The molecule has 0 aliphatic carbocycles. The van der Waals surface area contributed by atoms with Crippen LogP contribution in [0.4, 0.5) is 0 Å². The summed E-state index contributed by atoms with van der Waals surface area (Å²) >= 11 is 0. The molecule has 2 aliphatic heterocycles. The Morgan fingerprint density at radius 3 is 2.83 bits per heavy atom. The Bertz CT molecular complexity index is 738. The number of carbonyl (C=O) groups excluding carboxylic acids is 1. The van der Waals surface area contributed by atoms with E-state index in [1.807, 2.05) is 38.1 Å². The van der Waals surface area contributed by atoms with Crippen molar-refractivity contribution in [2.24, 2.45) is 0 Å². The highest BCUT2D eigenvalue weighted by molar-refractivity contribution is 5.96. The first-order valence-corrected chi connectivity index (χ1v) is 8.80. The van der Waals surface area contributed by atoms with Gasteiger partial charge in [-0.2, -0.15) is 0 Å². The molecule has 0 radical (unpaired) electrons. The van der Waals surface area contributed by atoms with Gasteiger partial charge in [0.05, 0.1) is 5.56 Å². The average Bonchev–Trinajstić information content (AvgIpc) is 3.02. The minimum atomic E-state index is 0.182. The Morgan fingerprint density at radius 2 is 2.04 bits per heavy atom. The molecule has 2 unspecified atom stereocenters. The summed E-state index contributed by atoms with van der Waals surface area (Å²) in [4.78, 5) is 19.9. The number of aryl methyl sites for hydroxylation is 1. The maximum Gasteiger partial charge on any atom is 0.256 e. The summed E-state index contributed by atoms with van der Waals surface area (Å²) in [6, 6.07) is 8.60. The zero-order valence-corrected chi connectivity index (χ0v) is 14.3. The number of hydrogen-bond donors (Lipinski definition) is 1. The lowest BCUT2D eigenvalue weighted by Crippen LogP contribution is -2.42. The van der Waals surface area contributed by atoms with Gasteiger partial charge in [0.15, 0.2) is 0 Å². The van der Waals surface area contributed by atoms with Crippen LogP contribution >= 0.6 is 0 Å². The fraction of sp³-hybridized carbons (Fsp3) is 0.474. The molecule has 2 aromatic heterocycles. The van der Waals surface area contributed by atoms with E-state index in [-0.39, 0.29) is 5.91 Å². The second-order valence-electron chi connectivity index (χ2n) is 6.90. The number of pyridine rings is 1. The lowest BCUT2D eigenvalue weighted by molar-refractivity contribution is 0.0679. The van der Waals surface area contributed by atoms with Crippen molar-refractivity contribution in [2.45, 2.75) is 45.2 Å². The monoisotopic (exact) mass is 324 g/mol. The zero-order chi connectivity index (χ0) is 16.7. The quantitative estimate of drug-likeness (QED) is 0.923. The molecule has 0 aromatic carbocycles. The molecule has 4 rings (SSSR count). The van der Waals surface area contributed by atoms with Crippen molar-refractivity contribution in [3.05, 3.63) is 47.4 Å². The van der Waals surface area contributed by atoms with Crippen molar-refractivity contribution in [1.29, 1.82) is 0 Å². The first-order chi connectivity index (χ1) is 11.7. The van der Waals surface area contributed by atoms with Crippen molar-refractivity contribution < 1.29 is 4.79 Å². The molecule has 2 atom stereocenters. The van der Waals surface area contributed by atoms with Gasteiger partial charge in [0.1, 0.15) is 5.82 Å². The largest absolute Gasteiger partial charge is 0.331 e. The Labute approximate surface area is 142 Å². The second-order valence-corrected chi connectivity index (χ2v) is 6.90. The molecule has 1 amide bonds. The van der Waals surface area contributed by atoms with Crippen LogP contribution in [0.2, 0.25) is 0 Å². The van der Waals surface area contributed by atoms with Crippen molar-refractivity contribution in [2.75, 3.05) is 13.1 Å². The first-order valence-electron chi connectivity index (χ1n) is 8.80. The maximum absolute atomic E-state index is 13.3. The van der Waals surface area contributed by atoms with Crippen LogP contribution in [0.15, 0.2) is 30.5 Å². The van der Waals surface area contributed by atoms with E-state index in [1.54, 1.807) is 6.20 Å². The number of nitrogens with zero attached hydrogens (tertiary/aromatic N) is 3. The number of fused-ring (bicyclic) bond motifs is 2. The summed E-state index contributed by atoms with van der Waals surface area (Å²) in [7, 11) is 0. The van der Waals surface area contributed by atoms with Gasteiger partial charge in [0.25, 0.3) is 5.91 Å². The van der Waals surface area contributed by atoms with E-state index in [0.717, 1.165) is 55.1 Å². The molecule has 2 saturated heterocycles. The van der Waals surface area contributed by atoms with Crippen molar-refractivity contribution >= 4 is 5.91 Å². The van der Waals surface area contributed by atoms with E-state index in [4.69, 9.17) is 0 Å². The number of carbonyl (C=O) groups is 1. The smallest absolute Gasteiger partial charge is 0.256 e. The van der Waals surface area contributed by atoms with Crippen molar-refractivity contribution in [3.8, 4) is 5.82 Å². The molecule has 5 nitrogen and oxygen atoms in total. The Kier molecular flexibility index (Phi) is 3.88. The summed E-state index contributed by atoms with van der Waals surface area (Å²) in [5.74, 6) is 1.05. The molecule has 2 bridgehead atoms. The normalized spacial score (nSPS) is 23.3. The highest BCUT2D eigenvalue weighted by Gasteiger charge is 2.39. The molecular formula is C19H24N4O. The number of hydrogen-bond acceptors (Lipinski definition) is 3. The minimum Gasteiger partial charge on any atom is -0.331 e. The molecule has 126 valence electrons. The Morgan fingerprint density at radius 1 is 1.21 bits per heavy atom. The number of rotatable bonds is 2. The standard InChI is InChI=1S/C19H24N4O/c1-13-11-17(14(2)22(13)18-5-3-4-9-21-18)19(24)23-15-6-7-16(23)12-20-10-8-15/h3-5,9,11,15-16,20H,6-8,10,12H2,1-2H3. The second kappa shape index (κ2) is 6.06. The first kappa shape index (κ1) is 15.4. The zero-order valence-electron chi connectivity index (χ0n) is 14.3. The fourth-order valence-electron chi connectivity index (χ4n) is 4.27. The van der Waals surface area contributed by atoms with Crippen molar-refractivity contribution in [3.63, 3.8) is 0 Å². The number of nitrogens with one attached hydrogen (secondary N) is 1. The molecule has 1 N–H and O–H groups in total. The highest BCUT2D eigenvalue weighted by atomic mass is 16.2. The van der Waals surface area contributed by atoms with E-state index in [2.05, 4.69) is 19.8 Å². The SMILES string of the molecule is Cc1cc(C(=O)N2C3CCNCC2CC3)c(C)n1-c1ccccn1. The van der Waals surface area contributed by atoms with E-state index in [1.165, 1.54) is 0 Å². The fourth-order valence-corrected chi connectivity index (χ4v) is 4.27. The predicted molar refractivity (Wildman–Crippen MR) is 93.5 cm³/mol. The molecule has 2 fully saturated rings. The predicted octanol–water partition coefficient (Wildman–Crippen LogP) is 2.46. The van der Waals surface area contributed by atoms with Crippen LogP contribution < -0.4 is 5.32 Å². The third kappa shape index (κ3) is 2.44. The average molecular weight is 324 g/mol. The Hall–Kier alpha value is -2.14. The molecule has 24 heavy (non-hydrogen) atoms. The van der Waals surface area contributed by atoms with Gasteiger partial charge in [-0.25, -0.2) is 4.98 Å². The highest BCUT2D eigenvalue weighted by Crippen LogP contribution is 2.31. The molecule has 2 aromatic rings. The summed E-state index contributed by atoms with van der Waals surface area (Å²) in [5, 5.41) is 3.46. The summed E-state index contributed by atoms with van der Waals surface area (Å²) < 4.78 is 2.07. The summed E-state index contributed by atoms with van der Waals surface area (Å²) in [6.07, 6.45) is 5.09. The van der Waals surface area contributed by atoms with Gasteiger partial charge in [-0.15, -0.1) is 0 Å². The number of aromatic nitrogens is 2. The van der Waals surface area contributed by atoms with Gasteiger partial charge in [-0.1, -0.05) is 6.07 Å². The third-order valence-corrected chi connectivity index (χ3v) is 5.43. The van der Waals surface area contributed by atoms with E-state index >= 15 is 0 Å². The van der Waals surface area contributed by atoms with Gasteiger partial charge in [0, 0.05) is 36.2 Å². The van der Waals surface area contributed by atoms with Gasteiger partial charge >= 0.3 is 0 Å². The van der Waals surface area contributed by atoms with Crippen LogP contribution in [-0.2, 0) is 0 Å². The van der Waals surface area contributed by atoms with Crippen LogP contribution in [0, 0.1) is 13.8 Å². The van der Waals surface area contributed by atoms with Gasteiger partial charge in [-0.05, 0) is 57.9 Å². The minimum absolute atomic E-state index is 0.182. The number of amides is 1. The molecule has 4 heterocycles.